The van der Waals surface area contributed by atoms with Crippen LogP contribution < -0.4 is 9.64 Å². The average molecular weight is 339 g/mol. The maximum absolute atomic E-state index is 12.2. The lowest BCUT2D eigenvalue weighted by Crippen LogP contribution is -2.40. The van der Waals surface area contributed by atoms with Gasteiger partial charge >= 0.3 is 0 Å². The zero-order valence-corrected chi connectivity index (χ0v) is 14.6. The molecule has 128 valence electrons. The van der Waals surface area contributed by atoms with Gasteiger partial charge in [0.05, 0.1) is 12.4 Å². The Morgan fingerprint density at radius 2 is 2.00 bits per heavy atom. The van der Waals surface area contributed by atoms with Crippen LogP contribution in [0.1, 0.15) is 25.7 Å². The van der Waals surface area contributed by atoms with E-state index in [9.17, 15) is 8.42 Å². The second-order valence-electron chi connectivity index (χ2n) is 6.48. The molecule has 1 aliphatic heterocycles. The highest BCUT2D eigenvalue weighted by atomic mass is 32.2. The van der Waals surface area contributed by atoms with Crippen LogP contribution in [0.25, 0.3) is 0 Å². The molecule has 1 saturated carbocycles. The second-order valence-corrected chi connectivity index (χ2v) is 8.80. The van der Waals surface area contributed by atoms with E-state index in [-0.39, 0.29) is 5.25 Å². The zero-order chi connectivity index (χ0) is 16.4. The summed E-state index contributed by atoms with van der Waals surface area (Å²) in [7, 11) is 0.328. The van der Waals surface area contributed by atoms with Crippen molar-refractivity contribution in [3.05, 3.63) is 18.3 Å². The molecule has 1 aromatic heterocycles. The largest absolute Gasteiger partial charge is 0.493 e. The normalized spacial score (nSPS) is 20.0. The molecule has 23 heavy (non-hydrogen) atoms. The first-order valence-electron chi connectivity index (χ1n) is 8.21. The van der Waals surface area contributed by atoms with E-state index in [4.69, 9.17) is 4.74 Å². The van der Waals surface area contributed by atoms with Crippen LogP contribution in [0.5, 0.6) is 5.75 Å². The number of pyridine rings is 1. The van der Waals surface area contributed by atoms with E-state index in [0.29, 0.717) is 12.5 Å². The van der Waals surface area contributed by atoms with Crippen LogP contribution in [0.4, 0.5) is 5.82 Å². The summed E-state index contributed by atoms with van der Waals surface area (Å²) >= 11 is 0. The van der Waals surface area contributed by atoms with E-state index in [1.54, 1.807) is 24.7 Å². The molecular weight excluding hydrogens is 314 g/mol. The highest BCUT2D eigenvalue weighted by Gasteiger charge is 2.39. The molecule has 1 aromatic rings. The number of anilines is 1. The van der Waals surface area contributed by atoms with Gasteiger partial charge in [-0.15, -0.1) is 0 Å². The molecule has 0 atom stereocenters. The molecule has 0 N–H and O–H groups in total. The summed E-state index contributed by atoms with van der Waals surface area (Å²) in [6.07, 6.45) is 5.38. The van der Waals surface area contributed by atoms with Crippen molar-refractivity contribution in [2.24, 2.45) is 5.92 Å². The van der Waals surface area contributed by atoms with Gasteiger partial charge in [-0.05, 0) is 43.7 Å². The molecule has 2 heterocycles. The van der Waals surface area contributed by atoms with Crippen LogP contribution in [0.15, 0.2) is 18.3 Å². The van der Waals surface area contributed by atoms with Crippen LogP contribution in [0, 0.1) is 5.92 Å². The van der Waals surface area contributed by atoms with Crippen LogP contribution in [0.3, 0.4) is 0 Å². The Labute approximate surface area is 138 Å². The van der Waals surface area contributed by atoms with Gasteiger partial charge < -0.3 is 9.64 Å². The van der Waals surface area contributed by atoms with E-state index >= 15 is 0 Å². The van der Waals surface area contributed by atoms with Gasteiger partial charge in [0.15, 0.2) is 11.6 Å². The van der Waals surface area contributed by atoms with Crippen molar-refractivity contribution in [3.63, 3.8) is 0 Å². The first-order chi connectivity index (χ1) is 11.0. The van der Waals surface area contributed by atoms with Gasteiger partial charge in [-0.25, -0.2) is 17.7 Å². The molecule has 0 radical (unpaired) electrons. The van der Waals surface area contributed by atoms with E-state index < -0.39 is 10.0 Å². The number of rotatable bonds is 6. The van der Waals surface area contributed by atoms with Gasteiger partial charge in [0.25, 0.3) is 0 Å². The molecule has 3 rings (SSSR count). The smallest absolute Gasteiger partial charge is 0.216 e. The molecule has 1 saturated heterocycles. The molecule has 0 bridgehead atoms. The third kappa shape index (κ3) is 3.61. The quantitative estimate of drug-likeness (QED) is 0.790. The summed E-state index contributed by atoms with van der Waals surface area (Å²) in [6, 6.07) is 3.79. The predicted octanol–water partition coefficient (Wildman–Crippen LogP) is 1.73. The molecule has 0 amide bonds. The number of hydrogen-bond donors (Lipinski definition) is 0. The Bertz CT molecular complexity index is 638. The molecular formula is C16H25N3O3S. The third-order valence-electron chi connectivity index (χ3n) is 4.78. The van der Waals surface area contributed by atoms with E-state index in [1.165, 1.54) is 0 Å². The molecule has 0 unspecified atom stereocenters. The minimum absolute atomic E-state index is 0.120. The Morgan fingerprint density at radius 3 is 2.61 bits per heavy atom. The fraction of sp³-hybridized carbons (Fsp3) is 0.688. The van der Waals surface area contributed by atoms with Crippen LogP contribution in [-0.2, 0) is 10.0 Å². The van der Waals surface area contributed by atoms with Gasteiger partial charge in [-0.3, -0.25) is 0 Å². The average Bonchev–Trinajstić information content (AvgIpc) is 3.41. The molecule has 1 aliphatic carbocycles. The number of methoxy groups -OCH3 is 1. The fourth-order valence-corrected chi connectivity index (χ4v) is 4.85. The topological polar surface area (TPSA) is 62.7 Å². The number of nitrogens with zero attached hydrogens (tertiary/aromatic N) is 3. The molecule has 6 nitrogen and oxygen atoms in total. The summed E-state index contributed by atoms with van der Waals surface area (Å²) in [5, 5.41) is -0.120. The van der Waals surface area contributed by atoms with Gasteiger partial charge in [0.1, 0.15) is 0 Å². The van der Waals surface area contributed by atoms with Crippen LogP contribution in [-0.4, -0.2) is 56.7 Å². The first kappa shape index (κ1) is 16.5. The number of aromatic nitrogens is 1. The van der Waals surface area contributed by atoms with Crippen molar-refractivity contribution in [2.75, 3.05) is 38.7 Å². The summed E-state index contributed by atoms with van der Waals surface area (Å²) in [4.78, 5) is 6.65. The Balaban J connectivity index is 1.56. The molecule has 2 aliphatic rings. The number of sulfonamides is 1. The minimum Gasteiger partial charge on any atom is -0.493 e. The monoisotopic (exact) mass is 339 g/mol. The lowest BCUT2D eigenvalue weighted by Gasteiger charge is -2.34. The van der Waals surface area contributed by atoms with Crippen LogP contribution >= 0.6 is 0 Å². The fourth-order valence-electron chi connectivity index (χ4n) is 3.19. The van der Waals surface area contributed by atoms with Gasteiger partial charge in [0.2, 0.25) is 10.0 Å². The lowest BCUT2D eigenvalue weighted by atomic mass is 9.97. The van der Waals surface area contributed by atoms with Crippen molar-refractivity contribution in [3.8, 4) is 5.75 Å². The first-order valence-corrected chi connectivity index (χ1v) is 9.72. The maximum Gasteiger partial charge on any atom is 0.216 e. The van der Waals surface area contributed by atoms with E-state index in [1.807, 2.05) is 12.1 Å². The summed E-state index contributed by atoms with van der Waals surface area (Å²) in [5.74, 6) is 2.09. The predicted molar refractivity (Wildman–Crippen MR) is 90.3 cm³/mol. The summed E-state index contributed by atoms with van der Waals surface area (Å²) in [6.45, 7) is 2.40. The van der Waals surface area contributed by atoms with Gasteiger partial charge in [-0.2, -0.15) is 0 Å². The molecule has 0 spiro atoms. The standard InChI is InChI=1S/C16H25N3O3S/c1-18(23(20,21)14-5-6-14)12-13-7-10-19(11-8-13)16-15(22-2)4-3-9-17-16/h3-4,9,13-14H,5-8,10-12H2,1-2H3. The highest BCUT2D eigenvalue weighted by molar-refractivity contribution is 7.90. The highest BCUT2D eigenvalue weighted by Crippen LogP contribution is 2.32. The number of hydrogen-bond acceptors (Lipinski definition) is 5. The van der Waals surface area contributed by atoms with Gasteiger partial charge in [-0.1, -0.05) is 0 Å². The van der Waals surface area contributed by atoms with Gasteiger partial charge in [0, 0.05) is 32.9 Å². The Kier molecular flexibility index (Phi) is 4.77. The van der Waals surface area contributed by atoms with E-state index in [0.717, 1.165) is 50.3 Å². The second kappa shape index (κ2) is 6.65. The van der Waals surface area contributed by atoms with Crippen molar-refractivity contribution >= 4 is 15.8 Å². The van der Waals surface area contributed by atoms with Crippen molar-refractivity contribution in [2.45, 2.75) is 30.9 Å². The number of ether oxygens (including phenoxy) is 1. The minimum atomic E-state index is -3.05. The molecule has 2 fully saturated rings. The van der Waals surface area contributed by atoms with Crippen LogP contribution in [0.2, 0.25) is 0 Å². The Morgan fingerprint density at radius 1 is 1.30 bits per heavy atom. The molecule has 7 heteroatoms. The molecule has 0 aromatic carbocycles. The summed E-state index contributed by atoms with van der Waals surface area (Å²) < 4.78 is 31.4. The third-order valence-corrected chi connectivity index (χ3v) is 7.11. The van der Waals surface area contributed by atoms with Crippen molar-refractivity contribution < 1.29 is 13.2 Å². The maximum atomic E-state index is 12.2. The zero-order valence-electron chi connectivity index (χ0n) is 13.8. The SMILES string of the molecule is COc1cccnc1N1CCC(CN(C)S(=O)(=O)C2CC2)CC1. The van der Waals surface area contributed by atoms with E-state index in [2.05, 4.69) is 9.88 Å². The van der Waals surface area contributed by atoms with Crippen molar-refractivity contribution in [1.29, 1.82) is 0 Å². The number of piperidine rings is 1. The summed E-state index contributed by atoms with van der Waals surface area (Å²) in [5.41, 5.74) is 0. The lowest BCUT2D eigenvalue weighted by molar-refractivity contribution is 0.325. The van der Waals surface area contributed by atoms with Crippen molar-refractivity contribution in [1.82, 2.24) is 9.29 Å². The Hall–Kier alpha value is -1.34.